The van der Waals surface area contributed by atoms with Gasteiger partial charge in [-0.05, 0) is 43.0 Å². The second-order valence-electron chi connectivity index (χ2n) is 8.58. The molecule has 0 spiro atoms. The highest BCUT2D eigenvalue weighted by Crippen LogP contribution is 2.42. The number of hydrogen-bond donors (Lipinski definition) is 1. The number of fused-ring (bicyclic) bond motifs is 1. The Morgan fingerprint density at radius 3 is 2.54 bits per heavy atom. The van der Waals surface area contributed by atoms with E-state index in [0.717, 1.165) is 18.9 Å². The summed E-state index contributed by atoms with van der Waals surface area (Å²) in [5.74, 6) is 1.22. The Kier molecular flexibility index (Phi) is 5.78. The van der Waals surface area contributed by atoms with Gasteiger partial charge >= 0.3 is 6.18 Å². The van der Waals surface area contributed by atoms with Crippen LogP contribution in [0.4, 0.5) is 13.2 Å². The topological polar surface area (TPSA) is 98.6 Å². The Hall–Kier alpha value is -3.76. The highest BCUT2D eigenvalue weighted by molar-refractivity contribution is 5.78. The summed E-state index contributed by atoms with van der Waals surface area (Å²) in [5.41, 5.74) is 1.11. The highest BCUT2D eigenvalue weighted by atomic mass is 19.4. The maximum absolute atomic E-state index is 13.1. The molecular weight excluding hydrogens is 461 g/mol. The molecule has 4 aromatic rings. The summed E-state index contributed by atoms with van der Waals surface area (Å²) < 4.78 is 45.8. The summed E-state index contributed by atoms with van der Waals surface area (Å²) in [6.45, 7) is 1.90. The van der Waals surface area contributed by atoms with E-state index < -0.39 is 17.9 Å². The lowest BCUT2D eigenvalue weighted by atomic mass is 10.1. The molecule has 0 amide bonds. The molecule has 0 bridgehead atoms. The summed E-state index contributed by atoms with van der Waals surface area (Å²) in [4.78, 5) is 28.7. The zero-order chi connectivity index (χ0) is 24.7. The number of rotatable bonds is 7. The van der Waals surface area contributed by atoms with Gasteiger partial charge in [0.25, 0.3) is 5.56 Å². The van der Waals surface area contributed by atoms with Crippen LogP contribution in [0.15, 0.2) is 41.5 Å². The molecule has 35 heavy (non-hydrogen) atoms. The van der Waals surface area contributed by atoms with Gasteiger partial charge in [-0.15, -0.1) is 0 Å². The molecule has 1 aliphatic rings. The van der Waals surface area contributed by atoms with Crippen molar-refractivity contribution in [2.45, 2.75) is 50.7 Å². The molecule has 0 aromatic carbocycles. The van der Waals surface area contributed by atoms with Gasteiger partial charge in [0.1, 0.15) is 22.7 Å². The first-order chi connectivity index (χ1) is 16.8. The summed E-state index contributed by atoms with van der Waals surface area (Å²) in [6.07, 6.45) is 0.971. The van der Waals surface area contributed by atoms with E-state index in [2.05, 4.69) is 15.0 Å². The number of ether oxygens (including phenoxy) is 1. The number of aromatic amines is 1. The van der Waals surface area contributed by atoms with E-state index in [1.807, 2.05) is 6.92 Å². The van der Waals surface area contributed by atoms with E-state index in [4.69, 9.17) is 14.8 Å². The molecule has 1 fully saturated rings. The van der Waals surface area contributed by atoms with Crippen LogP contribution in [0.3, 0.4) is 0 Å². The molecular formula is C24H23F3N6O2. The fraction of sp³-hybridized carbons (Fsp3) is 0.375. The van der Waals surface area contributed by atoms with E-state index in [-0.39, 0.29) is 17.9 Å². The maximum atomic E-state index is 13.1. The van der Waals surface area contributed by atoms with Gasteiger partial charge < -0.3 is 9.72 Å². The lowest BCUT2D eigenvalue weighted by Gasteiger charge is -2.17. The third-order valence-corrected chi connectivity index (χ3v) is 6.13. The van der Waals surface area contributed by atoms with E-state index in [1.54, 1.807) is 30.1 Å². The highest BCUT2D eigenvalue weighted by Gasteiger charge is 2.34. The predicted molar refractivity (Wildman–Crippen MR) is 121 cm³/mol. The van der Waals surface area contributed by atoms with Gasteiger partial charge in [-0.3, -0.25) is 14.8 Å². The molecule has 8 nitrogen and oxygen atoms in total. The molecule has 1 saturated carbocycles. The van der Waals surface area contributed by atoms with Crippen molar-refractivity contribution in [1.82, 2.24) is 29.7 Å². The number of nitrogens with zero attached hydrogens (tertiary/aromatic N) is 5. The molecule has 1 unspecified atom stereocenters. The third-order valence-electron chi connectivity index (χ3n) is 6.13. The van der Waals surface area contributed by atoms with Crippen LogP contribution in [0.25, 0.3) is 11.0 Å². The van der Waals surface area contributed by atoms with Crippen LogP contribution < -0.4 is 10.3 Å². The van der Waals surface area contributed by atoms with Crippen molar-refractivity contribution in [3.63, 3.8) is 0 Å². The number of H-pyrrole nitrogens is 1. The summed E-state index contributed by atoms with van der Waals surface area (Å²) in [6, 6.07) is 5.51. The number of aromatic nitrogens is 6. The van der Waals surface area contributed by atoms with Crippen molar-refractivity contribution in [3.05, 3.63) is 75.5 Å². The van der Waals surface area contributed by atoms with Crippen molar-refractivity contribution in [3.8, 4) is 5.75 Å². The van der Waals surface area contributed by atoms with Gasteiger partial charge in [0.05, 0.1) is 25.0 Å². The standard InChI is InChI=1S/C24H23F3N6O2/c1-3-17(14-6-9-18(29-11-14)24(25,26)27)33-22-20(21(32-33)13-4-5-13)23(34)31-19(30-22)10-15-7-8-16(35-2)12-28-15/h6-9,11-13,17H,3-5,10H2,1-2H3,(H,30,31,34). The first-order valence-corrected chi connectivity index (χ1v) is 11.3. The minimum Gasteiger partial charge on any atom is -0.495 e. The van der Waals surface area contributed by atoms with Gasteiger partial charge in [0.2, 0.25) is 0 Å². The monoisotopic (exact) mass is 484 g/mol. The third kappa shape index (κ3) is 4.50. The molecule has 0 aliphatic heterocycles. The maximum Gasteiger partial charge on any atom is 0.433 e. The molecule has 1 N–H and O–H groups in total. The molecule has 0 saturated heterocycles. The van der Waals surface area contributed by atoms with Gasteiger partial charge in [-0.1, -0.05) is 13.0 Å². The largest absolute Gasteiger partial charge is 0.495 e. The van der Waals surface area contributed by atoms with Crippen LogP contribution in [-0.2, 0) is 12.6 Å². The smallest absolute Gasteiger partial charge is 0.433 e. The average molecular weight is 484 g/mol. The van der Waals surface area contributed by atoms with E-state index in [9.17, 15) is 18.0 Å². The molecule has 182 valence electrons. The quantitative estimate of drug-likeness (QED) is 0.417. The van der Waals surface area contributed by atoms with Gasteiger partial charge in [-0.25, -0.2) is 9.67 Å². The Morgan fingerprint density at radius 1 is 1.17 bits per heavy atom. The SMILES string of the molecule is CCC(c1ccc(C(F)(F)F)nc1)n1nc(C2CC2)c2c(=O)[nH]c(Cc3ccc(OC)cn3)nc21. The van der Waals surface area contributed by atoms with Crippen molar-refractivity contribution >= 4 is 11.0 Å². The number of alkyl halides is 3. The average Bonchev–Trinajstić information content (AvgIpc) is 3.61. The Labute approximate surface area is 198 Å². The number of halogens is 3. The minimum absolute atomic E-state index is 0.180. The molecule has 11 heteroatoms. The molecule has 1 atom stereocenters. The first-order valence-electron chi connectivity index (χ1n) is 11.3. The second kappa shape index (κ2) is 8.79. The molecule has 4 heterocycles. The van der Waals surface area contributed by atoms with E-state index >= 15 is 0 Å². The molecule has 0 radical (unpaired) electrons. The normalized spacial score (nSPS) is 14.9. The fourth-order valence-corrected chi connectivity index (χ4v) is 4.19. The predicted octanol–water partition coefficient (Wildman–Crippen LogP) is 4.40. The van der Waals surface area contributed by atoms with Crippen LogP contribution >= 0.6 is 0 Å². The number of nitrogens with one attached hydrogen (secondary N) is 1. The number of hydrogen-bond acceptors (Lipinski definition) is 6. The van der Waals surface area contributed by atoms with Gasteiger partial charge in [0.15, 0.2) is 5.65 Å². The second-order valence-corrected chi connectivity index (χ2v) is 8.58. The molecule has 1 aliphatic carbocycles. The summed E-state index contributed by atoms with van der Waals surface area (Å²) in [5, 5.41) is 5.18. The Bertz CT molecular complexity index is 1410. The Morgan fingerprint density at radius 2 is 1.97 bits per heavy atom. The van der Waals surface area contributed by atoms with Gasteiger partial charge in [-0.2, -0.15) is 18.3 Å². The van der Waals surface area contributed by atoms with Gasteiger partial charge in [0, 0.05) is 24.2 Å². The van der Waals surface area contributed by atoms with Crippen molar-refractivity contribution in [1.29, 1.82) is 0 Å². The zero-order valence-corrected chi connectivity index (χ0v) is 19.1. The fourth-order valence-electron chi connectivity index (χ4n) is 4.19. The minimum atomic E-state index is -4.52. The van der Waals surface area contributed by atoms with Crippen LogP contribution in [-0.4, -0.2) is 36.8 Å². The first kappa shape index (κ1) is 23.0. The lowest BCUT2D eigenvalue weighted by molar-refractivity contribution is -0.141. The van der Waals surface area contributed by atoms with Crippen LogP contribution in [0.5, 0.6) is 5.75 Å². The lowest BCUT2D eigenvalue weighted by Crippen LogP contribution is -2.17. The zero-order valence-electron chi connectivity index (χ0n) is 19.1. The number of pyridine rings is 2. The van der Waals surface area contributed by atoms with Crippen LogP contribution in [0.2, 0.25) is 0 Å². The summed E-state index contributed by atoms with van der Waals surface area (Å²) in [7, 11) is 1.55. The Balaban J connectivity index is 1.58. The summed E-state index contributed by atoms with van der Waals surface area (Å²) >= 11 is 0. The van der Waals surface area contributed by atoms with Crippen LogP contribution in [0.1, 0.15) is 66.6 Å². The van der Waals surface area contributed by atoms with E-state index in [0.29, 0.717) is 46.0 Å². The number of methoxy groups -OCH3 is 1. The van der Waals surface area contributed by atoms with Crippen LogP contribution in [0, 0.1) is 0 Å². The molecule has 5 rings (SSSR count). The van der Waals surface area contributed by atoms with Crippen molar-refractivity contribution in [2.24, 2.45) is 0 Å². The van der Waals surface area contributed by atoms with Crippen molar-refractivity contribution in [2.75, 3.05) is 7.11 Å². The molecule has 4 aromatic heterocycles. The van der Waals surface area contributed by atoms with Crippen molar-refractivity contribution < 1.29 is 17.9 Å². The van der Waals surface area contributed by atoms with E-state index in [1.165, 1.54) is 12.3 Å².